The van der Waals surface area contributed by atoms with E-state index in [1.165, 1.54) is 32.1 Å². The third-order valence-corrected chi connectivity index (χ3v) is 4.54. The van der Waals surface area contributed by atoms with Crippen LogP contribution in [-0.4, -0.2) is 18.1 Å². The summed E-state index contributed by atoms with van der Waals surface area (Å²) in [5.41, 5.74) is 0.985. The first-order valence-corrected chi connectivity index (χ1v) is 7.96. The Morgan fingerprint density at radius 3 is 2.75 bits per heavy atom. The summed E-state index contributed by atoms with van der Waals surface area (Å²) in [6, 6.07) is 8.76. The summed E-state index contributed by atoms with van der Waals surface area (Å²) < 4.78 is 6.25. The van der Waals surface area contributed by atoms with Gasteiger partial charge in [-0.25, -0.2) is 4.98 Å². The lowest BCUT2D eigenvalue weighted by atomic mass is 9.95. The Labute approximate surface area is 127 Å². The molecule has 0 radical (unpaired) electrons. The number of rotatable bonds is 3. The molecule has 1 aliphatic rings. The number of pyridine rings is 1. The minimum Gasteiger partial charge on any atom is -0.496 e. The Kier molecular flexibility index (Phi) is 4.10. The lowest BCUT2D eigenvalue weighted by Crippen LogP contribution is -2.22. The van der Waals surface area contributed by atoms with Gasteiger partial charge in [0, 0.05) is 11.4 Å². The van der Waals surface area contributed by atoms with Crippen molar-refractivity contribution in [3.8, 4) is 5.75 Å². The van der Waals surface area contributed by atoms with E-state index < -0.39 is 0 Å². The molecule has 1 fully saturated rings. The smallest absolute Gasteiger partial charge is 0.133 e. The molecule has 3 rings (SSSR count). The average Bonchev–Trinajstić information content (AvgIpc) is 2.47. The van der Waals surface area contributed by atoms with Crippen LogP contribution < -0.4 is 10.1 Å². The summed E-state index contributed by atoms with van der Waals surface area (Å²) in [4.78, 5) is 4.71. The molecule has 1 aromatic carbocycles. The highest BCUT2D eigenvalue weighted by Crippen LogP contribution is 2.30. The molecular weight excluding hydrogens is 316 g/mol. The second-order valence-corrected chi connectivity index (χ2v) is 6.21. The SMILES string of the molecule is COc1cc2ccc(NC3CCCCC3)nc2cc1Br. The molecule has 0 amide bonds. The Bertz CT molecular complexity index is 609. The van der Waals surface area contributed by atoms with Gasteiger partial charge in [0.2, 0.25) is 0 Å². The van der Waals surface area contributed by atoms with Gasteiger partial charge in [-0.3, -0.25) is 0 Å². The zero-order valence-corrected chi connectivity index (χ0v) is 13.2. The average molecular weight is 335 g/mol. The highest BCUT2D eigenvalue weighted by atomic mass is 79.9. The molecule has 0 bridgehead atoms. The maximum atomic E-state index is 5.31. The van der Waals surface area contributed by atoms with E-state index in [9.17, 15) is 0 Å². The van der Waals surface area contributed by atoms with Gasteiger partial charge in [-0.05, 0) is 53.0 Å². The molecule has 2 aromatic rings. The van der Waals surface area contributed by atoms with Crippen molar-refractivity contribution in [2.75, 3.05) is 12.4 Å². The first kappa shape index (κ1) is 13.7. The summed E-state index contributed by atoms with van der Waals surface area (Å²) in [6.07, 6.45) is 6.54. The van der Waals surface area contributed by atoms with Gasteiger partial charge in [0.15, 0.2) is 0 Å². The van der Waals surface area contributed by atoms with Crippen LogP contribution in [0.3, 0.4) is 0 Å². The molecule has 20 heavy (non-hydrogen) atoms. The monoisotopic (exact) mass is 334 g/mol. The van der Waals surface area contributed by atoms with E-state index in [1.807, 2.05) is 12.1 Å². The number of benzene rings is 1. The minimum absolute atomic E-state index is 0.579. The Hall–Kier alpha value is -1.29. The standard InChI is InChI=1S/C16H19BrN2O/c1-20-15-9-11-7-8-16(19-14(11)10-13(15)17)18-12-5-3-2-4-6-12/h7-10,12H,2-6H2,1H3,(H,18,19). The van der Waals surface area contributed by atoms with Crippen LogP contribution >= 0.6 is 15.9 Å². The second-order valence-electron chi connectivity index (χ2n) is 5.36. The maximum absolute atomic E-state index is 5.31. The Morgan fingerprint density at radius 2 is 2.00 bits per heavy atom. The van der Waals surface area contributed by atoms with Crippen LogP contribution in [0.2, 0.25) is 0 Å². The quantitative estimate of drug-likeness (QED) is 0.879. The molecule has 1 saturated carbocycles. The number of ether oxygens (including phenoxy) is 1. The van der Waals surface area contributed by atoms with E-state index >= 15 is 0 Å². The van der Waals surface area contributed by atoms with Gasteiger partial charge in [-0.1, -0.05) is 19.3 Å². The van der Waals surface area contributed by atoms with Gasteiger partial charge in [-0.2, -0.15) is 0 Å². The van der Waals surface area contributed by atoms with Crippen LogP contribution in [0, 0.1) is 0 Å². The maximum Gasteiger partial charge on any atom is 0.133 e. The van der Waals surface area contributed by atoms with E-state index in [1.54, 1.807) is 7.11 Å². The molecule has 0 atom stereocenters. The van der Waals surface area contributed by atoms with E-state index in [-0.39, 0.29) is 0 Å². The highest BCUT2D eigenvalue weighted by molar-refractivity contribution is 9.10. The molecule has 0 unspecified atom stereocenters. The fourth-order valence-corrected chi connectivity index (χ4v) is 3.31. The van der Waals surface area contributed by atoms with Crippen molar-refractivity contribution in [1.29, 1.82) is 0 Å². The van der Waals surface area contributed by atoms with Crippen LogP contribution in [0.25, 0.3) is 10.9 Å². The van der Waals surface area contributed by atoms with E-state index in [0.717, 1.165) is 26.9 Å². The molecule has 1 heterocycles. The van der Waals surface area contributed by atoms with E-state index in [4.69, 9.17) is 9.72 Å². The molecular formula is C16H19BrN2O. The number of nitrogens with one attached hydrogen (secondary N) is 1. The first-order valence-electron chi connectivity index (χ1n) is 7.17. The number of nitrogens with zero attached hydrogens (tertiary/aromatic N) is 1. The van der Waals surface area contributed by atoms with Crippen molar-refractivity contribution >= 4 is 32.7 Å². The predicted molar refractivity (Wildman–Crippen MR) is 86.5 cm³/mol. The minimum atomic E-state index is 0.579. The number of hydrogen-bond acceptors (Lipinski definition) is 3. The fraction of sp³-hybridized carbons (Fsp3) is 0.438. The van der Waals surface area contributed by atoms with E-state index in [2.05, 4.69) is 33.4 Å². The third kappa shape index (κ3) is 2.90. The van der Waals surface area contributed by atoms with Crippen molar-refractivity contribution in [2.45, 2.75) is 38.1 Å². The van der Waals surface area contributed by atoms with Crippen molar-refractivity contribution < 1.29 is 4.74 Å². The van der Waals surface area contributed by atoms with Gasteiger partial charge in [0.1, 0.15) is 11.6 Å². The van der Waals surface area contributed by atoms with Crippen LogP contribution in [0.15, 0.2) is 28.7 Å². The van der Waals surface area contributed by atoms with Gasteiger partial charge in [-0.15, -0.1) is 0 Å². The number of methoxy groups -OCH3 is 1. The third-order valence-electron chi connectivity index (χ3n) is 3.92. The molecule has 0 saturated heterocycles. The second kappa shape index (κ2) is 6.00. The number of hydrogen-bond donors (Lipinski definition) is 1. The van der Waals surface area contributed by atoms with Crippen molar-refractivity contribution in [3.63, 3.8) is 0 Å². The van der Waals surface area contributed by atoms with Crippen LogP contribution in [0.4, 0.5) is 5.82 Å². The molecule has 0 aliphatic heterocycles. The number of fused-ring (bicyclic) bond motifs is 1. The van der Waals surface area contributed by atoms with Crippen molar-refractivity contribution in [2.24, 2.45) is 0 Å². The van der Waals surface area contributed by atoms with Crippen LogP contribution in [0.1, 0.15) is 32.1 Å². The fourth-order valence-electron chi connectivity index (χ4n) is 2.82. The summed E-state index contributed by atoms with van der Waals surface area (Å²) in [5.74, 6) is 1.81. The van der Waals surface area contributed by atoms with Gasteiger partial charge in [0.25, 0.3) is 0 Å². The zero-order chi connectivity index (χ0) is 13.9. The van der Waals surface area contributed by atoms with Gasteiger partial charge < -0.3 is 10.1 Å². The molecule has 3 nitrogen and oxygen atoms in total. The predicted octanol–water partition coefficient (Wildman–Crippen LogP) is 4.75. The van der Waals surface area contributed by atoms with Gasteiger partial charge in [0.05, 0.1) is 17.1 Å². The lowest BCUT2D eigenvalue weighted by molar-refractivity contribution is 0.413. The topological polar surface area (TPSA) is 34.1 Å². The summed E-state index contributed by atoms with van der Waals surface area (Å²) in [7, 11) is 1.68. The molecule has 4 heteroatoms. The lowest BCUT2D eigenvalue weighted by Gasteiger charge is -2.23. The zero-order valence-electron chi connectivity index (χ0n) is 11.7. The first-order chi connectivity index (χ1) is 9.76. The van der Waals surface area contributed by atoms with Crippen molar-refractivity contribution in [3.05, 3.63) is 28.7 Å². The molecule has 1 N–H and O–H groups in total. The number of halogens is 1. The summed E-state index contributed by atoms with van der Waals surface area (Å²) >= 11 is 3.52. The van der Waals surface area contributed by atoms with Crippen molar-refractivity contribution in [1.82, 2.24) is 4.98 Å². The van der Waals surface area contributed by atoms with Crippen LogP contribution in [0.5, 0.6) is 5.75 Å². The Balaban J connectivity index is 1.86. The highest BCUT2D eigenvalue weighted by Gasteiger charge is 2.13. The number of anilines is 1. The summed E-state index contributed by atoms with van der Waals surface area (Å²) in [6.45, 7) is 0. The normalized spacial score (nSPS) is 16.3. The summed E-state index contributed by atoms with van der Waals surface area (Å²) in [5, 5.41) is 4.66. The molecule has 1 aliphatic carbocycles. The number of aromatic nitrogens is 1. The molecule has 0 spiro atoms. The van der Waals surface area contributed by atoms with Crippen LogP contribution in [-0.2, 0) is 0 Å². The largest absolute Gasteiger partial charge is 0.496 e. The van der Waals surface area contributed by atoms with E-state index in [0.29, 0.717) is 6.04 Å². The molecule has 1 aromatic heterocycles. The van der Waals surface area contributed by atoms with Gasteiger partial charge >= 0.3 is 0 Å². The Morgan fingerprint density at radius 1 is 1.20 bits per heavy atom. The molecule has 106 valence electrons.